The number of rotatable bonds is 11. The molecule has 0 aliphatic carbocycles. The zero-order chi connectivity index (χ0) is 27.7. The second-order valence-corrected chi connectivity index (χ2v) is 11.4. The Labute approximate surface area is 238 Å². The lowest BCUT2D eigenvalue weighted by Gasteiger charge is -2.32. The lowest BCUT2D eigenvalue weighted by Crippen LogP contribution is -2.44. The van der Waals surface area contributed by atoms with E-state index in [9.17, 15) is 4.79 Å². The summed E-state index contributed by atoms with van der Waals surface area (Å²) in [6.45, 7) is 8.10. The maximum Gasteiger partial charge on any atom is 0.287 e. The summed E-state index contributed by atoms with van der Waals surface area (Å²) in [6, 6.07) is 20.8. The Bertz CT molecular complexity index is 1270. The van der Waals surface area contributed by atoms with Crippen molar-refractivity contribution in [1.29, 1.82) is 5.26 Å². The van der Waals surface area contributed by atoms with E-state index in [2.05, 4.69) is 52.4 Å². The number of carbonyl (C=O) groups excluding carboxylic acids is 1. The average Bonchev–Trinajstić information content (AvgIpc) is 3.42. The summed E-state index contributed by atoms with van der Waals surface area (Å²) in [5.41, 5.74) is 2.03. The van der Waals surface area contributed by atoms with Crippen LogP contribution in [-0.2, 0) is 6.54 Å². The van der Waals surface area contributed by atoms with E-state index >= 15 is 0 Å². The molecule has 1 aromatic heterocycles. The Balaban J connectivity index is 1.06. The number of ether oxygens (including phenoxy) is 1. The zero-order valence-electron chi connectivity index (χ0n) is 23.7. The van der Waals surface area contributed by atoms with Gasteiger partial charge < -0.3 is 19.4 Å². The molecule has 0 saturated carbocycles. The second-order valence-electron chi connectivity index (χ2n) is 11.4. The van der Waals surface area contributed by atoms with Gasteiger partial charge in [-0.15, -0.1) is 0 Å². The van der Waals surface area contributed by atoms with Crippen molar-refractivity contribution in [2.75, 3.05) is 32.7 Å². The number of piperidine rings is 2. The number of amides is 1. The van der Waals surface area contributed by atoms with Crippen molar-refractivity contribution in [3.8, 4) is 11.8 Å². The van der Waals surface area contributed by atoms with Gasteiger partial charge in [-0.25, -0.2) is 0 Å². The molecule has 1 amide bonds. The number of benzene rings is 2. The van der Waals surface area contributed by atoms with Crippen molar-refractivity contribution in [1.82, 2.24) is 15.1 Å². The van der Waals surface area contributed by atoms with Gasteiger partial charge in [0.25, 0.3) is 5.91 Å². The molecule has 0 bridgehead atoms. The largest absolute Gasteiger partial charge is 0.490 e. The highest BCUT2D eigenvalue weighted by Crippen LogP contribution is 2.27. The smallest absolute Gasteiger partial charge is 0.287 e. The molecular formula is C33H42N4O3. The van der Waals surface area contributed by atoms with E-state index in [1.807, 2.05) is 30.3 Å². The molecule has 1 N–H and O–H groups in total. The molecule has 40 heavy (non-hydrogen) atoms. The second kappa shape index (κ2) is 13.8. The highest BCUT2D eigenvalue weighted by Gasteiger charge is 2.24. The predicted octanol–water partition coefficient (Wildman–Crippen LogP) is 6.00. The van der Waals surface area contributed by atoms with E-state index in [0.717, 1.165) is 95.4 Å². The molecule has 3 heterocycles. The molecule has 7 heteroatoms. The molecule has 0 radical (unpaired) electrons. The Kier molecular flexibility index (Phi) is 9.75. The lowest BCUT2D eigenvalue weighted by molar-refractivity contribution is 0.0883. The van der Waals surface area contributed by atoms with Gasteiger partial charge in [-0.05, 0) is 81.3 Å². The SMILES string of the molecule is CCC(C#N)CCCN1CCC(Oc2ccc3oc(C(=O)NC4CCN(Cc5ccccc5)CC4)cc3c2)CC1. The van der Waals surface area contributed by atoms with Crippen LogP contribution in [0.1, 0.15) is 68.0 Å². The summed E-state index contributed by atoms with van der Waals surface area (Å²) in [4.78, 5) is 17.9. The standard InChI is InChI=1S/C33H42N4O3/c1-2-25(23-34)9-6-16-36-19-14-29(15-20-36)39-30-10-11-31-27(21-30)22-32(40-31)33(38)35-28-12-17-37(18-13-28)24-26-7-4-3-5-8-26/h3-5,7-8,10-11,21-22,25,28-29H,2,6,9,12-20,24H2,1H3,(H,35,38). The van der Waals surface area contributed by atoms with Crippen LogP contribution in [0.4, 0.5) is 0 Å². The van der Waals surface area contributed by atoms with Gasteiger partial charge in [-0.3, -0.25) is 9.69 Å². The van der Waals surface area contributed by atoms with Crippen molar-refractivity contribution < 1.29 is 13.9 Å². The number of nitrogens with one attached hydrogen (secondary N) is 1. The molecule has 0 spiro atoms. The third-order valence-electron chi connectivity index (χ3n) is 8.42. The Morgan fingerprint density at radius 2 is 1.80 bits per heavy atom. The third-order valence-corrected chi connectivity index (χ3v) is 8.42. The van der Waals surface area contributed by atoms with Gasteiger partial charge in [0.15, 0.2) is 5.76 Å². The number of furan rings is 1. The van der Waals surface area contributed by atoms with Gasteiger partial charge >= 0.3 is 0 Å². The molecule has 2 aromatic carbocycles. The van der Waals surface area contributed by atoms with E-state index in [-0.39, 0.29) is 24.0 Å². The minimum atomic E-state index is -0.146. The fourth-order valence-electron chi connectivity index (χ4n) is 5.90. The first-order valence-corrected chi connectivity index (χ1v) is 15.0. The van der Waals surface area contributed by atoms with E-state index in [0.29, 0.717) is 11.3 Å². The number of likely N-dealkylation sites (tertiary alicyclic amines) is 2. The summed E-state index contributed by atoms with van der Waals surface area (Å²) in [6.07, 6.45) is 7.07. The quantitative estimate of drug-likeness (QED) is 0.320. The molecule has 5 rings (SSSR count). The first-order chi connectivity index (χ1) is 19.6. The summed E-state index contributed by atoms with van der Waals surface area (Å²) < 4.78 is 12.2. The van der Waals surface area contributed by atoms with Gasteiger partial charge in [0.2, 0.25) is 0 Å². The van der Waals surface area contributed by atoms with E-state index < -0.39 is 0 Å². The van der Waals surface area contributed by atoms with Crippen LogP contribution in [0.3, 0.4) is 0 Å². The fraction of sp³-hybridized carbons (Fsp3) is 0.515. The number of hydrogen-bond acceptors (Lipinski definition) is 6. The van der Waals surface area contributed by atoms with Crippen LogP contribution in [0.15, 0.2) is 59.0 Å². The Morgan fingerprint density at radius 1 is 1.05 bits per heavy atom. The highest BCUT2D eigenvalue weighted by molar-refractivity contribution is 5.96. The van der Waals surface area contributed by atoms with Gasteiger partial charge in [-0.2, -0.15) is 5.26 Å². The number of nitrogens with zero attached hydrogens (tertiary/aromatic N) is 3. The molecule has 3 aromatic rings. The third kappa shape index (κ3) is 7.65. The van der Waals surface area contributed by atoms with Crippen LogP contribution in [0.5, 0.6) is 5.75 Å². The molecule has 1 atom stereocenters. The van der Waals surface area contributed by atoms with Crippen molar-refractivity contribution in [2.24, 2.45) is 5.92 Å². The van der Waals surface area contributed by atoms with Crippen LogP contribution in [-0.4, -0.2) is 60.6 Å². The van der Waals surface area contributed by atoms with Crippen molar-refractivity contribution in [3.63, 3.8) is 0 Å². The number of hydrogen-bond donors (Lipinski definition) is 1. The van der Waals surface area contributed by atoms with Crippen LogP contribution >= 0.6 is 0 Å². The first kappa shape index (κ1) is 28.2. The van der Waals surface area contributed by atoms with Crippen LogP contribution in [0.25, 0.3) is 11.0 Å². The number of fused-ring (bicyclic) bond motifs is 1. The lowest BCUT2D eigenvalue weighted by atomic mass is 10.0. The Hall–Kier alpha value is -3.34. The highest BCUT2D eigenvalue weighted by atomic mass is 16.5. The van der Waals surface area contributed by atoms with E-state index in [1.165, 1.54) is 5.56 Å². The predicted molar refractivity (Wildman–Crippen MR) is 157 cm³/mol. The summed E-state index contributed by atoms with van der Waals surface area (Å²) in [7, 11) is 0. The summed E-state index contributed by atoms with van der Waals surface area (Å²) >= 11 is 0. The molecule has 1 unspecified atom stereocenters. The molecular weight excluding hydrogens is 500 g/mol. The maximum atomic E-state index is 13.0. The molecule has 2 aliphatic heterocycles. The van der Waals surface area contributed by atoms with Gasteiger partial charge in [-0.1, -0.05) is 37.3 Å². The van der Waals surface area contributed by atoms with Gasteiger partial charge in [0, 0.05) is 50.1 Å². The fourth-order valence-corrected chi connectivity index (χ4v) is 5.90. The molecule has 2 saturated heterocycles. The topological polar surface area (TPSA) is 81.7 Å². The zero-order valence-corrected chi connectivity index (χ0v) is 23.7. The van der Waals surface area contributed by atoms with E-state index in [1.54, 1.807) is 0 Å². The molecule has 212 valence electrons. The van der Waals surface area contributed by atoms with Gasteiger partial charge in [0.05, 0.1) is 6.07 Å². The monoisotopic (exact) mass is 542 g/mol. The van der Waals surface area contributed by atoms with Crippen molar-refractivity contribution >= 4 is 16.9 Å². The van der Waals surface area contributed by atoms with Crippen LogP contribution in [0.2, 0.25) is 0 Å². The van der Waals surface area contributed by atoms with Crippen LogP contribution < -0.4 is 10.1 Å². The van der Waals surface area contributed by atoms with Crippen molar-refractivity contribution in [3.05, 3.63) is 65.9 Å². The molecule has 2 fully saturated rings. The maximum absolute atomic E-state index is 13.0. The van der Waals surface area contributed by atoms with E-state index in [4.69, 9.17) is 14.4 Å². The molecule has 7 nitrogen and oxygen atoms in total. The molecule has 2 aliphatic rings. The summed E-state index contributed by atoms with van der Waals surface area (Å²) in [5, 5.41) is 13.2. The van der Waals surface area contributed by atoms with Gasteiger partial charge in [0.1, 0.15) is 17.4 Å². The van der Waals surface area contributed by atoms with Crippen LogP contribution in [0, 0.1) is 17.2 Å². The first-order valence-electron chi connectivity index (χ1n) is 15.0. The Morgan fingerprint density at radius 3 is 2.52 bits per heavy atom. The average molecular weight is 543 g/mol. The normalized spacial score (nSPS) is 18.4. The summed E-state index contributed by atoms with van der Waals surface area (Å²) in [5.74, 6) is 1.22. The minimum absolute atomic E-state index is 0.146. The number of carbonyl (C=O) groups is 1. The number of nitriles is 1. The van der Waals surface area contributed by atoms with Crippen molar-refractivity contribution in [2.45, 2.75) is 70.6 Å². The minimum Gasteiger partial charge on any atom is -0.490 e.